The topological polar surface area (TPSA) is 78.4 Å². The van der Waals surface area contributed by atoms with E-state index in [0.29, 0.717) is 18.9 Å². The second kappa shape index (κ2) is 9.91. The molecule has 136 valence electrons. The third-order valence-electron chi connectivity index (χ3n) is 3.78. The van der Waals surface area contributed by atoms with Crippen LogP contribution >= 0.6 is 0 Å². The molecule has 5 nitrogen and oxygen atoms in total. The highest BCUT2D eigenvalue weighted by Gasteiger charge is 2.30. The average molecular weight is 328 g/mol. The molecule has 0 aromatic heterocycles. The summed E-state index contributed by atoms with van der Waals surface area (Å²) in [5, 5.41) is 14.5. The minimum absolute atomic E-state index is 0.0916. The molecule has 0 unspecified atom stereocenters. The number of hydrogen-bond donors (Lipinski definition) is 3. The average Bonchev–Trinajstić information content (AvgIpc) is 2.39. The van der Waals surface area contributed by atoms with Crippen molar-refractivity contribution in [1.82, 2.24) is 10.6 Å². The maximum Gasteiger partial charge on any atom is 0.245 e. The van der Waals surface area contributed by atoms with E-state index in [1.165, 1.54) is 0 Å². The molecule has 2 amide bonds. The Balaban J connectivity index is 4.23. The Hall–Kier alpha value is -1.10. The summed E-state index contributed by atoms with van der Waals surface area (Å²) in [7, 11) is 0. The minimum atomic E-state index is -0.488. The Morgan fingerprint density at radius 3 is 2.13 bits per heavy atom. The van der Waals surface area contributed by atoms with Crippen molar-refractivity contribution in [1.29, 1.82) is 0 Å². The van der Waals surface area contributed by atoms with Gasteiger partial charge in [-0.1, -0.05) is 41.5 Å². The van der Waals surface area contributed by atoms with Gasteiger partial charge in [0.15, 0.2) is 0 Å². The molecule has 5 heteroatoms. The molecule has 0 saturated carbocycles. The lowest BCUT2D eigenvalue weighted by molar-refractivity contribution is -0.125. The van der Waals surface area contributed by atoms with Gasteiger partial charge in [0.2, 0.25) is 11.8 Å². The number of rotatable bonds is 11. The molecule has 0 heterocycles. The fraction of sp³-hybridized carbons (Fsp3) is 0.889. The van der Waals surface area contributed by atoms with Crippen LogP contribution in [0.3, 0.4) is 0 Å². The first kappa shape index (κ1) is 21.9. The normalized spacial score (nSPS) is 12.3. The van der Waals surface area contributed by atoms with E-state index in [1.807, 2.05) is 0 Å². The molecule has 23 heavy (non-hydrogen) atoms. The van der Waals surface area contributed by atoms with Gasteiger partial charge in [-0.25, -0.2) is 0 Å². The molecule has 0 aliphatic heterocycles. The van der Waals surface area contributed by atoms with Gasteiger partial charge in [-0.15, -0.1) is 0 Å². The SMILES string of the molecule is CC(C)CCCNC(=O)CC(C)(C)CC(C)(C)CNC(=O)CO. The van der Waals surface area contributed by atoms with E-state index in [1.54, 1.807) is 0 Å². The fourth-order valence-corrected chi connectivity index (χ4v) is 3.05. The zero-order valence-electron chi connectivity index (χ0n) is 15.8. The molecular formula is C18H36N2O3. The van der Waals surface area contributed by atoms with E-state index >= 15 is 0 Å². The van der Waals surface area contributed by atoms with E-state index in [2.05, 4.69) is 52.2 Å². The Morgan fingerprint density at radius 1 is 1.00 bits per heavy atom. The minimum Gasteiger partial charge on any atom is -0.387 e. The highest BCUT2D eigenvalue weighted by Crippen LogP contribution is 2.35. The number of carbonyl (C=O) groups excluding carboxylic acids is 2. The van der Waals surface area contributed by atoms with Crippen molar-refractivity contribution in [2.24, 2.45) is 16.7 Å². The van der Waals surface area contributed by atoms with E-state index in [4.69, 9.17) is 5.11 Å². The van der Waals surface area contributed by atoms with E-state index in [-0.39, 0.29) is 22.6 Å². The largest absolute Gasteiger partial charge is 0.387 e. The third kappa shape index (κ3) is 12.0. The van der Waals surface area contributed by atoms with Crippen LogP contribution in [0.4, 0.5) is 0 Å². The zero-order valence-corrected chi connectivity index (χ0v) is 15.8. The van der Waals surface area contributed by atoms with Crippen molar-refractivity contribution in [3.63, 3.8) is 0 Å². The Morgan fingerprint density at radius 2 is 1.61 bits per heavy atom. The zero-order chi connectivity index (χ0) is 18.1. The molecule has 3 N–H and O–H groups in total. The Kier molecular flexibility index (Phi) is 9.44. The van der Waals surface area contributed by atoms with Crippen LogP contribution < -0.4 is 10.6 Å². The lowest BCUT2D eigenvalue weighted by atomic mass is 9.73. The van der Waals surface area contributed by atoms with Crippen LogP contribution in [0.5, 0.6) is 0 Å². The number of amides is 2. The molecule has 0 bridgehead atoms. The summed E-state index contributed by atoms with van der Waals surface area (Å²) in [6.07, 6.45) is 3.43. The predicted octanol–water partition coefficient (Wildman–Crippen LogP) is 2.48. The highest BCUT2D eigenvalue weighted by atomic mass is 16.3. The summed E-state index contributed by atoms with van der Waals surface area (Å²) in [4.78, 5) is 23.3. The number of nitrogens with one attached hydrogen (secondary N) is 2. The summed E-state index contributed by atoms with van der Waals surface area (Å²) in [5.74, 6) is 0.394. The number of carbonyl (C=O) groups is 2. The summed E-state index contributed by atoms with van der Waals surface area (Å²) in [5.41, 5.74) is -0.276. The second-order valence-electron chi connectivity index (χ2n) is 8.50. The number of aliphatic hydroxyl groups is 1. The molecule has 0 atom stereocenters. The quantitative estimate of drug-likeness (QED) is 0.510. The molecular weight excluding hydrogens is 292 g/mol. The Labute approximate surface area is 141 Å². The first-order chi connectivity index (χ1) is 10.5. The maximum atomic E-state index is 12.1. The van der Waals surface area contributed by atoms with Crippen LogP contribution in [0.2, 0.25) is 0 Å². The molecule has 0 rings (SSSR count). The van der Waals surface area contributed by atoms with Crippen molar-refractivity contribution in [2.45, 2.75) is 67.2 Å². The summed E-state index contributed by atoms with van der Waals surface area (Å²) >= 11 is 0. The lowest BCUT2D eigenvalue weighted by Gasteiger charge is -2.34. The van der Waals surface area contributed by atoms with Crippen LogP contribution in [-0.2, 0) is 9.59 Å². The van der Waals surface area contributed by atoms with Crippen LogP contribution in [0.1, 0.15) is 67.2 Å². The van der Waals surface area contributed by atoms with E-state index < -0.39 is 6.61 Å². The fourth-order valence-electron chi connectivity index (χ4n) is 3.05. The summed E-state index contributed by atoms with van der Waals surface area (Å²) in [6.45, 7) is 13.4. The lowest BCUT2D eigenvalue weighted by Crippen LogP contribution is -2.39. The van der Waals surface area contributed by atoms with E-state index in [9.17, 15) is 9.59 Å². The van der Waals surface area contributed by atoms with Crippen LogP contribution in [0.15, 0.2) is 0 Å². The van der Waals surface area contributed by atoms with Crippen molar-refractivity contribution in [2.75, 3.05) is 19.7 Å². The van der Waals surface area contributed by atoms with Gasteiger partial charge < -0.3 is 15.7 Å². The maximum absolute atomic E-state index is 12.1. The smallest absolute Gasteiger partial charge is 0.245 e. The molecule has 0 aromatic carbocycles. The Bertz CT molecular complexity index is 376. The van der Waals surface area contributed by atoms with Gasteiger partial charge in [-0.05, 0) is 36.0 Å². The molecule has 0 aromatic rings. The number of hydrogen-bond acceptors (Lipinski definition) is 3. The molecule has 0 aliphatic carbocycles. The van der Waals surface area contributed by atoms with Crippen LogP contribution in [0, 0.1) is 16.7 Å². The van der Waals surface area contributed by atoms with Crippen molar-refractivity contribution in [3.8, 4) is 0 Å². The van der Waals surface area contributed by atoms with Gasteiger partial charge in [0.05, 0.1) is 0 Å². The van der Waals surface area contributed by atoms with Crippen molar-refractivity contribution < 1.29 is 14.7 Å². The summed E-state index contributed by atoms with van der Waals surface area (Å²) in [6, 6.07) is 0. The summed E-state index contributed by atoms with van der Waals surface area (Å²) < 4.78 is 0. The molecule has 0 saturated heterocycles. The van der Waals surface area contributed by atoms with Gasteiger partial charge in [-0.3, -0.25) is 9.59 Å². The first-order valence-electron chi connectivity index (χ1n) is 8.62. The van der Waals surface area contributed by atoms with Crippen LogP contribution in [0.25, 0.3) is 0 Å². The van der Waals surface area contributed by atoms with Gasteiger partial charge in [0.1, 0.15) is 6.61 Å². The van der Waals surface area contributed by atoms with Gasteiger partial charge in [0.25, 0.3) is 0 Å². The molecule has 0 aliphatic rings. The predicted molar refractivity (Wildman–Crippen MR) is 94.0 cm³/mol. The monoisotopic (exact) mass is 328 g/mol. The standard InChI is InChI=1S/C18H36N2O3/c1-14(2)8-7-9-19-15(22)10-17(3,4)12-18(5,6)13-20-16(23)11-21/h14,21H,7-13H2,1-6H3,(H,19,22)(H,20,23). The van der Waals surface area contributed by atoms with E-state index in [0.717, 1.165) is 25.8 Å². The van der Waals surface area contributed by atoms with Gasteiger partial charge in [0, 0.05) is 19.5 Å². The van der Waals surface area contributed by atoms with Crippen molar-refractivity contribution in [3.05, 3.63) is 0 Å². The second-order valence-corrected chi connectivity index (χ2v) is 8.50. The first-order valence-corrected chi connectivity index (χ1v) is 8.62. The number of aliphatic hydroxyl groups excluding tert-OH is 1. The van der Waals surface area contributed by atoms with Gasteiger partial charge in [-0.2, -0.15) is 0 Å². The molecule has 0 radical (unpaired) electrons. The molecule has 0 fully saturated rings. The highest BCUT2D eigenvalue weighted by molar-refractivity contribution is 5.77. The van der Waals surface area contributed by atoms with Gasteiger partial charge >= 0.3 is 0 Å². The third-order valence-corrected chi connectivity index (χ3v) is 3.78. The van der Waals surface area contributed by atoms with Crippen molar-refractivity contribution >= 4 is 11.8 Å². The molecule has 0 spiro atoms. The van der Waals surface area contributed by atoms with Crippen LogP contribution in [-0.4, -0.2) is 36.6 Å².